The first-order valence-corrected chi connectivity index (χ1v) is 7.05. The second kappa shape index (κ2) is 6.32. The molecule has 0 bridgehead atoms. The van der Waals surface area contributed by atoms with Crippen molar-refractivity contribution < 1.29 is 14.3 Å². The van der Waals surface area contributed by atoms with Crippen molar-refractivity contribution in [3.63, 3.8) is 0 Å². The van der Waals surface area contributed by atoms with E-state index in [0.29, 0.717) is 17.9 Å². The third-order valence-electron chi connectivity index (χ3n) is 3.39. The minimum absolute atomic E-state index is 0.0835. The zero-order chi connectivity index (χ0) is 17.1. The monoisotopic (exact) mass is 327 g/mol. The molecule has 9 nitrogen and oxygen atoms in total. The molecule has 2 aromatic carbocycles. The number of carbonyl (C=O) groups is 1. The summed E-state index contributed by atoms with van der Waals surface area (Å²) in [5.74, 6) is -0.166. The number of hydrogen-bond acceptors (Lipinski definition) is 7. The van der Waals surface area contributed by atoms with Gasteiger partial charge in [0, 0.05) is 25.2 Å². The van der Waals surface area contributed by atoms with Gasteiger partial charge in [0.15, 0.2) is 5.52 Å². The summed E-state index contributed by atoms with van der Waals surface area (Å²) < 4.78 is 4.62. The van der Waals surface area contributed by atoms with Crippen LogP contribution in [0.5, 0.6) is 0 Å². The number of nitrogens with zero attached hydrogens (tertiary/aromatic N) is 3. The maximum atomic E-state index is 11.3. The molecule has 1 heterocycles. The SMILES string of the molecule is CC(=O)Nc1ccccc1CNc1ccc([N+](=O)[O-])c2nonc12. The normalized spacial score (nSPS) is 10.5. The first-order chi connectivity index (χ1) is 11.6. The topological polar surface area (TPSA) is 123 Å². The molecule has 1 amide bonds. The van der Waals surface area contributed by atoms with Gasteiger partial charge in [-0.15, -0.1) is 0 Å². The molecule has 1 aromatic heterocycles. The number of carbonyl (C=O) groups excluding carboxylic acids is 1. The Bertz CT molecular complexity index is 921. The van der Waals surface area contributed by atoms with Crippen molar-refractivity contribution in [3.8, 4) is 0 Å². The number of nitro benzene ring substituents is 1. The van der Waals surface area contributed by atoms with E-state index in [1.165, 1.54) is 13.0 Å². The molecule has 3 rings (SSSR count). The average molecular weight is 327 g/mol. The molecule has 0 aliphatic heterocycles. The van der Waals surface area contributed by atoms with Crippen LogP contribution in [-0.2, 0) is 11.3 Å². The third-order valence-corrected chi connectivity index (χ3v) is 3.39. The lowest BCUT2D eigenvalue weighted by Gasteiger charge is -2.11. The van der Waals surface area contributed by atoms with Crippen LogP contribution in [0.3, 0.4) is 0 Å². The number of para-hydroxylation sites is 1. The number of rotatable bonds is 5. The molecule has 24 heavy (non-hydrogen) atoms. The molecule has 0 unspecified atom stereocenters. The molecule has 3 aromatic rings. The Morgan fingerprint density at radius 1 is 1.17 bits per heavy atom. The van der Waals surface area contributed by atoms with E-state index < -0.39 is 4.92 Å². The van der Waals surface area contributed by atoms with Gasteiger partial charge in [0.2, 0.25) is 11.4 Å². The highest BCUT2D eigenvalue weighted by atomic mass is 16.6. The highest BCUT2D eigenvalue weighted by Crippen LogP contribution is 2.29. The van der Waals surface area contributed by atoms with Crippen LogP contribution in [0, 0.1) is 10.1 Å². The average Bonchev–Trinajstić information content (AvgIpc) is 3.02. The second-order valence-corrected chi connectivity index (χ2v) is 5.04. The van der Waals surface area contributed by atoms with E-state index in [9.17, 15) is 14.9 Å². The number of anilines is 2. The highest BCUT2D eigenvalue weighted by molar-refractivity contribution is 5.93. The van der Waals surface area contributed by atoms with Gasteiger partial charge in [-0.2, -0.15) is 0 Å². The van der Waals surface area contributed by atoms with Crippen molar-refractivity contribution in [3.05, 3.63) is 52.1 Å². The van der Waals surface area contributed by atoms with E-state index in [2.05, 4.69) is 25.6 Å². The first-order valence-electron chi connectivity index (χ1n) is 7.05. The van der Waals surface area contributed by atoms with Crippen molar-refractivity contribution >= 4 is 34.0 Å². The molecule has 0 aliphatic rings. The van der Waals surface area contributed by atoms with Crippen LogP contribution < -0.4 is 10.6 Å². The van der Waals surface area contributed by atoms with Crippen molar-refractivity contribution in [2.45, 2.75) is 13.5 Å². The number of fused-ring (bicyclic) bond motifs is 1. The van der Waals surface area contributed by atoms with Crippen LogP contribution in [0.1, 0.15) is 12.5 Å². The van der Waals surface area contributed by atoms with E-state index in [-0.39, 0.29) is 22.6 Å². The van der Waals surface area contributed by atoms with Crippen molar-refractivity contribution in [2.24, 2.45) is 0 Å². The number of amides is 1. The van der Waals surface area contributed by atoms with Crippen LogP contribution in [0.25, 0.3) is 11.0 Å². The number of nitro groups is 1. The van der Waals surface area contributed by atoms with Gasteiger partial charge in [-0.25, -0.2) is 4.63 Å². The number of aromatic nitrogens is 2. The Morgan fingerprint density at radius 2 is 1.92 bits per heavy atom. The fourth-order valence-corrected chi connectivity index (χ4v) is 2.32. The molecule has 9 heteroatoms. The molecule has 0 radical (unpaired) electrons. The van der Waals surface area contributed by atoms with E-state index in [1.54, 1.807) is 12.1 Å². The van der Waals surface area contributed by atoms with Gasteiger partial charge < -0.3 is 10.6 Å². The molecular formula is C15H13N5O4. The fourth-order valence-electron chi connectivity index (χ4n) is 2.32. The summed E-state index contributed by atoms with van der Waals surface area (Å²) in [6.07, 6.45) is 0. The number of nitrogens with one attached hydrogen (secondary N) is 2. The zero-order valence-corrected chi connectivity index (χ0v) is 12.6. The zero-order valence-electron chi connectivity index (χ0n) is 12.6. The van der Waals surface area contributed by atoms with E-state index in [0.717, 1.165) is 5.56 Å². The molecule has 2 N–H and O–H groups in total. The maximum Gasteiger partial charge on any atom is 0.300 e. The standard InChI is InChI=1S/C15H13N5O4/c1-9(21)17-11-5-3-2-4-10(11)8-16-12-6-7-13(20(22)23)15-14(12)18-24-19-15/h2-7,16H,8H2,1H3,(H,17,21). The lowest BCUT2D eigenvalue weighted by molar-refractivity contribution is -0.383. The van der Waals surface area contributed by atoms with Gasteiger partial charge in [0.05, 0.1) is 10.6 Å². The van der Waals surface area contributed by atoms with Crippen LogP contribution in [0.15, 0.2) is 41.0 Å². The molecule has 0 fully saturated rings. The quantitative estimate of drug-likeness (QED) is 0.545. The van der Waals surface area contributed by atoms with E-state index in [1.807, 2.05) is 18.2 Å². The van der Waals surface area contributed by atoms with Crippen molar-refractivity contribution in [2.75, 3.05) is 10.6 Å². The fraction of sp³-hybridized carbons (Fsp3) is 0.133. The molecule has 0 aliphatic carbocycles. The first kappa shape index (κ1) is 15.4. The smallest absolute Gasteiger partial charge is 0.300 e. The summed E-state index contributed by atoms with van der Waals surface area (Å²) in [6, 6.07) is 10.2. The predicted molar refractivity (Wildman–Crippen MR) is 86.5 cm³/mol. The summed E-state index contributed by atoms with van der Waals surface area (Å²) in [7, 11) is 0. The van der Waals surface area contributed by atoms with Crippen LogP contribution in [0.2, 0.25) is 0 Å². The Kier molecular flexibility index (Phi) is 4.06. The Morgan fingerprint density at radius 3 is 2.67 bits per heavy atom. The Balaban J connectivity index is 1.87. The van der Waals surface area contributed by atoms with E-state index >= 15 is 0 Å². The molecule has 122 valence electrons. The van der Waals surface area contributed by atoms with Gasteiger partial charge in [-0.1, -0.05) is 18.2 Å². The summed E-state index contributed by atoms with van der Waals surface area (Å²) in [4.78, 5) is 21.7. The highest BCUT2D eigenvalue weighted by Gasteiger charge is 2.19. The van der Waals surface area contributed by atoms with Crippen LogP contribution in [-0.4, -0.2) is 21.1 Å². The number of hydrogen-bond donors (Lipinski definition) is 2. The van der Waals surface area contributed by atoms with Gasteiger partial charge in [0.1, 0.15) is 0 Å². The lowest BCUT2D eigenvalue weighted by Crippen LogP contribution is -2.10. The number of benzene rings is 2. The van der Waals surface area contributed by atoms with E-state index in [4.69, 9.17) is 0 Å². The molecule has 0 saturated heterocycles. The molecule has 0 atom stereocenters. The van der Waals surface area contributed by atoms with Gasteiger partial charge in [0.25, 0.3) is 0 Å². The van der Waals surface area contributed by atoms with Crippen LogP contribution in [0.4, 0.5) is 17.1 Å². The minimum Gasteiger partial charge on any atom is -0.379 e. The summed E-state index contributed by atoms with van der Waals surface area (Å²) in [5, 5.41) is 24.2. The van der Waals surface area contributed by atoms with Gasteiger partial charge in [-0.3, -0.25) is 14.9 Å². The summed E-state index contributed by atoms with van der Waals surface area (Å²) in [5.41, 5.74) is 2.29. The minimum atomic E-state index is -0.539. The summed E-state index contributed by atoms with van der Waals surface area (Å²) >= 11 is 0. The Labute approximate surface area is 135 Å². The van der Waals surface area contributed by atoms with Crippen molar-refractivity contribution in [1.29, 1.82) is 0 Å². The maximum absolute atomic E-state index is 11.3. The van der Waals surface area contributed by atoms with Gasteiger partial charge >= 0.3 is 5.69 Å². The third kappa shape index (κ3) is 3.00. The lowest BCUT2D eigenvalue weighted by atomic mass is 10.1. The largest absolute Gasteiger partial charge is 0.379 e. The molecular weight excluding hydrogens is 314 g/mol. The van der Waals surface area contributed by atoms with Gasteiger partial charge in [-0.05, 0) is 28.0 Å². The second-order valence-electron chi connectivity index (χ2n) is 5.04. The molecule has 0 saturated carbocycles. The summed E-state index contributed by atoms with van der Waals surface area (Å²) in [6.45, 7) is 1.82. The molecule has 0 spiro atoms. The number of non-ortho nitro benzene ring substituents is 1. The predicted octanol–water partition coefficient (Wildman–Crippen LogP) is 2.70. The Hall–Kier alpha value is -3.49. The van der Waals surface area contributed by atoms with Crippen molar-refractivity contribution in [1.82, 2.24) is 10.3 Å². The van der Waals surface area contributed by atoms with Crippen LogP contribution >= 0.6 is 0 Å².